The van der Waals surface area contributed by atoms with Gasteiger partial charge in [-0.05, 0) is 13.3 Å². The summed E-state index contributed by atoms with van der Waals surface area (Å²) in [5.74, 6) is 0.422. The van der Waals surface area contributed by atoms with E-state index < -0.39 is 0 Å². The van der Waals surface area contributed by atoms with Crippen molar-refractivity contribution < 1.29 is 14.1 Å². The van der Waals surface area contributed by atoms with Gasteiger partial charge < -0.3 is 14.3 Å². The van der Waals surface area contributed by atoms with Crippen molar-refractivity contribution in [3.8, 4) is 0 Å². The van der Waals surface area contributed by atoms with E-state index in [2.05, 4.69) is 15.1 Å². The Balaban J connectivity index is 1.67. The molecule has 0 N–H and O–H groups in total. The molecule has 0 aliphatic carbocycles. The van der Waals surface area contributed by atoms with Gasteiger partial charge in [-0.15, -0.1) is 11.3 Å². The molecule has 0 saturated carbocycles. The lowest BCUT2D eigenvalue weighted by Crippen LogP contribution is -2.29. The number of aryl methyl sites for hydroxylation is 1. The highest BCUT2D eigenvalue weighted by Gasteiger charge is 2.34. The maximum Gasteiger partial charge on any atom is 0.276 e. The first-order valence-electron chi connectivity index (χ1n) is 8.63. The highest BCUT2D eigenvalue weighted by atomic mass is 32.1. The third kappa shape index (κ3) is 3.08. The predicted octanol–water partition coefficient (Wildman–Crippen LogP) is 2.32. The van der Waals surface area contributed by atoms with Gasteiger partial charge in [0, 0.05) is 57.1 Å². The van der Waals surface area contributed by atoms with Crippen molar-refractivity contribution in [2.45, 2.75) is 19.3 Å². The Morgan fingerprint density at radius 1 is 1.30 bits per heavy atom. The first kappa shape index (κ1) is 17.6. The number of fused-ring (bicyclic) bond motifs is 1. The Morgan fingerprint density at radius 2 is 2.07 bits per heavy atom. The van der Waals surface area contributed by atoms with Crippen molar-refractivity contribution in [2.75, 3.05) is 27.2 Å². The van der Waals surface area contributed by atoms with Gasteiger partial charge in [-0.1, -0.05) is 5.16 Å². The molecule has 1 aliphatic rings. The smallest absolute Gasteiger partial charge is 0.276 e. The number of hydrogen-bond donors (Lipinski definition) is 0. The average Bonchev–Trinajstić information content (AvgIpc) is 3.37. The van der Waals surface area contributed by atoms with E-state index >= 15 is 0 Å². The van der Waals surface area contributed by atoms with Crippen LogP contribution >= 0.6 is 11.3 Å². The Morgan fingerprint density at radius 3 is 2.78 bits per heavy atom. The summed E-state index contributed by atoms with van der Waals surface area (Å²) in [6, 6.07) is 1.64. The van der Waals surface area contributed by atoms with Crippen LogP contribution in [0.2, 0.25) is 0 Å². The minimum Gasteiger partial charge on any atom is -0.361 e. The summed E-state index contributed by atoms with van der Waals surface area (Å²) in [6.07, 6.45) is 4.03. The first-order chi connectivity index (χ1) is 13.0. The highest BCUT2D eigenvalue weighted by molar-refractivity contribution is 7.20. The molecule has 1 aliphatic heterocycles. The number of carbonyl (C=O) groups excluding carboxylic acids is 2. The second kappa shape index (κ2) is 6.73. The number of thiophene rings is 1. The average molecular weight is 385 g/mol. The SMILES string of the molecule is Cc1cc(C(=O)N2CC[C@H](c3c(C(=O)N(C)C)sc4nccnc34)C2)no1. The van der Waals surface area contributed by atoms with Crippen molar-refractivity contribution in [2.24, 2.45) is 0 Å². The molecule has 4 heterocycles. The molecule has 140 valence electrons. The first-order valence-corrected chi connectivity index (χ1v) is 9.45. The summed E-state index contributed by atoms with van der Waals surface area (Å²) < 4.78 is 5.01. The fourth-order valence-electron chi connectivity index (χ4n) is 3.39. The number of carbonyl (C=O) groups is 2. The molecule has 0 unspecified atom stereocenters. The van der Waals surface area contributed by atoms with E-state index in [-0.39, 0.29) is 17.7 Å². The van der Waals surface area contributed by atoms with Crippen LogP contribution in [0.1, 0.15) is 43.8 Å². The van der Waals surface area contributed by atoms with E-state index in [0.29, 0.717) is 29.4 Å². The van der Waals surface area contributed by atoms with Crippen molar-refractivity contribution in [1.29, 1.82) is 0 Å². The van der Waals surface area contributed by atoms with Crippen LogP contribution in [-0.4, -0.2) is 63.9 Å². The van der Waals surface area contributed by atoms with Gasteiger partial charge >= 0.3 is 0 Å². The van der Waals surface area contributed by atoms with E-state index in [1.807, 2.05) is 0 Å². The van der Waals surface area contributed by atoms with Gasteiger partial charge in [0.1, 0.15) is 16.1 Å². The highest BCUT2D eigenvalue weighted by Crippen LogP contribution is 2.39. The number of aromatic nitrogens is 3. The van der Waals surface area contributed by atoms with Crippen molar-refractivity contribution >= 4 is 33.5 Å². The molecule has 0 bridgehead atoms. The molecule has 3 aromatic heterocycles. The van der Waals surface area contributed by atoms with Crippen LogP contribution in [-0.2, 0) is 0 Å². The molecule has 0 aromatic carbocycles. The lowest BCUT2D eigenvalue weighted by molar-refractivity contribution is 0.0780. The Kier molecular flexibility index (Phi) is 4.39. The van der Waals surface area contributed by atoms with E-state index in [9.17, 15) is 9.59 Å². The monoisotopic (exact) mass is 385 g/mol. The van der Waals surface area contributed by atoms with Gasteiger partial charge in [0.25, 0.3) is 11.8 Å². The van der Waals surface area contributed by atoms with Crippen LogP contribution in [0, 0.1) is 6.92 Å². The van der Waals surface area contributed by atoms with Gasteiger partial charge in [-0.2, -0.15) is 0 Å². The van der Waals surface area contributed by atoms with Gasteiger partial charge in [0.2, 0.25) is 0 Å². The quantitative estimate of drug-likeness (QED) is 0.687. The number of likely N-dealkylation sites (tertiary alicyclic amines) is 1. The van der Waals surface area contributed by atoms with Crippen LogP contribution in [0.4, 0.5) is 0 Å². The molecule has 4 rings (SSSR count). The van der Waals surface area contributed by atoms with Crippen LogP contribution in [0.15, 0.2) is 23.0 Å². The number of hydrogen-bond acceptors (Lipinski definition) is 7. The zero-order valence-corrected chi connectivity index (χ0v) is 16.1. The second-order valence-corrected chi connectivity index (χ2v) is 7.81. The Labute approximate surface area is 159 Å². The molecule has 0 spiro atoms. The molecule has 3 aromatic rings. The van der Waals surface area contributed by atoms with Gasteiger partial charge in [0.15, 0.2) is 5.69 Å². The number of amides is 2. The maximum absolute atomic E-state index is 12.7. The zero-order chi connectivity index (χ0) is 19.1. The van der Waals surface area contributed by atoms with Crippen molar-refractivity contribution in [3.05, 3.63) is 40.4 Å². The van der Waals surface area contributed by atoms with Crippen LogP contribution in [0.3, 0.4) is 0 Å². The molecule has 1 atom stereocenters. The third-order valence-corrected chi connectivity index (χ3v) is 5.79. The topological polar surface area (TPSA) is 92.4 Å². The number of nitrogens with zero attached hydrogens (tertiary/aromatic N) is 5. The number of rotatable bonds is 3. The lowest BCUT2D eigenvalue weighted by atomic mass is 9.97. The van der Waals surface area contributed by atoms with Crippen LogP contribution in [0.25, 0.3) is 10.3 Å². The van der Waals surface area contributed by atoms with Gasteiger partial charge in [0.05, 0.1) is 4.88 Å². The molecular formula is C18H19N5O3S. The molecule has 1 fully saturated rings. The lowest BCUT2D eigenvalue weighted by Gasteiger charge is -2.16. The van der Waals surface area contributed by atoms with Gasteiger partial charge in [-0.3, -0.25) is 14.6 Å². The fourth-order valence-corrected chi connectivity index (χ4v) is 4.60. The van der Waals surface area contributed by atoms with E-state index in [0.717, 1.165) is 22.3 Å². The molecule has 27 heavy (non-hydrogen) atoms. The summed E-state index contributed by atoms with van der Waals surface area (Å²) in [7, 11) is 3.46. The van der Waals surface area contributed by atoms with Crippen LogP contribution in [0.5, 0.6) is 0 Å². The largest absolute Gasteiger partial charge is 0.361 e. The second-order valence-electron chi connectivity index (χ2n) is 6.81. The van der Waals surface area contributed by atoms with E-state index in [4.69, 9.17) is 4.52 Å². The summed E-state index contributed by atoms with van der Waals surface area (Å²) in [5.41, 5.74) is 1.96. The molecule has 0 radical (unpaired) electrons. The summed E-state index contributed by atoms with van der Waals surface area (Å²) in [5, 5.41) is 3.82. The van der Waals surface area contributed by atoms with E-state index in [1.165, 1.54) is 11.3 Å². The van der Waals surface area contributed by atoms with Crippen molar-refractivity contribution in [1.82, 2.24) is 24.9 Å². The Hall–Kier alpha value is -2.81. The summed E-state index contributed by atoms with van der Waals surface area (Å²) in [4.78, 5) is 38.9. The Bertz CT molecular complexity index is 1030. The predicted molar refractivity (Wildman–Crippen MR) is 99.9 cm³/mol. The maximum atomic E-state index is 12.7. The van der Waals surface area contributed by atoms with E-state index in [1.54, 1.807) is 49.3 Å². The van der Waals surface area contributed by atoms with Gasteiger partial charge in [-0.25, -0.2) is 4.98 Å². The fraction of sp³-hybridized carbons (Fsp3) is 0.389. The van der Waals surface area contributed by atoms with Crippen LogP contribution < -0.4 is 0 Å². The van der Waals surface area contributed by atoms with Crippen molar-refractivity contribution in [3.63, 3.8) is 0 Å². The minimum atomic E-state index is -0.152. The summed E-state index contributed by atoms with van der Waals surface area (Å²) >= 11 is 1.36. The standard InChI is InChI=1S/C18H19N5O3S/c1-10-8-12(21-26-10)17(24)23-7-4-11(9-23)13-14-16(20-6-5-19-14)27-15(13)18(25)22(2)3/h5-6,8,11H,4,7,9H2,1-3H3/t11-/m0/s1. The zero-order valence-electron chi connectivity index (χ0n) is 15.3. The minimum absolute atomic E-state index is 0.0336. The summed E-state index contributed by atoms with van der Waals surface area (Å²) in [6.45, 7) is 2.87. The molecule has 1 saturated heterocycles. The normalized spacial score (nSPS) is 16.9. The molecular weight excluding hydrogens is 366 g/mol. The molecule has 8 nitrogen and oxygen atoms in total. The molecule has 2 amide bonds. The third-order valence-electron chi connectivity index (χ3n) is 4.69. The molecule has 9 heteroatoms.